The van der Waals surface area contributed by atoms with E-state index in [1.807, 2.05) is 0 Å². The molecule has 0 saturated carbocycles. The van der Waals surface area contributed by atoms with Crippen LogP contribution in [0.5, 0.6) is 0 Å². The van der Waals surface area contributed by atoms with Gasteiger partial charge in [-0.2, -0.15) is 0 Å². The first-order valence-corrected chi connectivity index (χ1v) is 28.2. The zero-order chi connectivity index (χ0) is 45.8. The fourth-order valence-corrected chi connectivity index (χ4v) is 8.50. The molecule has 0 rings (SSSR count). The second-order valence-electron chi connectivity index (χ2n) is 19.2. The number of carbonyl (C=O) groups excluding carboxylic acids is 3. The van der Waals surface area contributed by atoms with E-state index in [-0.39, 0.29) is 31.1 Å². The van der Waals surface area contributed by atoms with Crippen LogP contribution < -0.4 is 0 Å². The highest BCUT2D eigenvalue weighted by atomic mass is 16.6. The molecule has 0 aliphatic carbocycles. The normalized spacial score (nSPS) is 12.0. The summed E-state index contributed by atoms with van der Waals surface area (Å²) >= 11 is 0. The predicted molar refractivity (Wildman–Crippen MR) is 270 cm³/mol. The van der Waals surface area contributed by atoms with Gasteiger partial charge in [-0.3, -0.25) is 14.4 Å². The largest absolute Gasteiger partial charge is 0.462 e. The van der Waals surface area contributed by atoms with Gasteiger partial charge in [0, 0.05) is 19.3 Å². The lowest BCUT2D eigenvalue weighted by molar-refractivity contribution is -0.167. The highest BCUT2D eigenvalue weighted by Crippen LogP contribution is 2.17. The molecule has 63 heavy (non-hydrogen) atoms. The van der Waals surface area contributed by atoms with Crippen molar-refractivity contribution in [2.75, 3.05) is 13.2 Å². The molecule has 0 fully saturated rings. The number of allylic oxidation sites excluding steroid dienone is 2. The van der Waals surface area contributed by atoms with Crippen molar-refractivity contribution in [2.45, 2.75) is 322 Å². The van der Waals surface area contributed by atoms with Gasteiger partial charge in [-0.25, -0.2) is 0 Å². The second-order valence-corrected chi connectivity index (χ2v) is 19.2. The number of hydrogen-bond donors (Lipinski definition) is 0. The third-order valence-corrected chi connectivity index (χ3v) is 12.8. The Bertz CT molecular complexity index is 978. The number of carbonyl (C=O) groups is 3. The Morgan fingerprint density at radius 2 is 0.524 bits per heavy atom. The lowest BCUT2D eigenvalue weighted by Gasteiger charge is -2.18. The molecular weight excluding hydrogens is 781 g/mol. The topological polar surface area (TPSA) is 78.9 Å². The summed E-state index contributed by atoms with van der Waals surface area (Å²) in [5.74, 6) is -0.874. The SMILES string of the molecule is CCCCCCCCC/C=C\CCCCCCCC(=O)OC(COC(=O)CCCCCCC)COC(=O)CCCCCCCCCCCCCCCCCCCCCCCCCC. The fourth-order valence-electron chi connectivity index (χ4n) is 8.50. The van der Waals surface area contributed by atoms with Gasteiger partial charge >= 0.3 is 17.9 Å². The van der Waals surface area contributed by atoms with E-state index in [1.54, 1.807) is 0 Å². The smallest absolute Gasteiger partial charge is 0.306 e. The average Bonchev–Trinajstić information content (AvgIpc) is 3.28. The molecule has 0 aliphatic heterocycles. The molecule has 0 amide bonds. The number of unbranched alkanes of at least 4 members (excludes halogenated alkanes) is 39. The molecule has 6 heteroatoms. The molecule has 6 nitrogen and oxygen atoms in total. The highest BCUT2D eigenvalue weighted by Gasteiger charge is 2.19. The van der Waals surface area contributed by atoms with Gasteiger partial charge < -0.3 is 14.2 Å². The van der Waals surface area contributed by atoms with Crippen molar-refractivity contribution in [3.63, 3.8) is 0 Å². The van der Waals surface area contributed by atoms with Gasteiger partial charge in [-0.05, 0) is 44.9 Å². The van der Waals surface area contributed by atoms with Crippen molar-refractivity contribution < 1.29 is 28.6 Å². The van der Waals surface area contributed by atoms with Crippen LogP contribution in [0.25, 0.3) is 0 Å². The fraction of sp³-hybridized carbons (Fsp3) is 0.912. The van der Waals surface area contributed by atoms with Crippen LogP contribution in [0, 0.1) is 0 Å². The van der Waals surface area contributed by atoms with E-state index in [2.05, 4.69) is 32.9 Å². The van der Waals surface area contributed by atoms with Crippen LogP contribution in [-0.4, -0.2) is 37.2 Å². The minimum atomic E-state index is -0.766. The van der Waals surface area contributed by atoms with Crippen LogP contribution in [0.2, 0.25) is 0 Å². The van der Waals surface area contributed by atoms with Crippen LogP contribution in [-0.2, 0) is 28.6 Å². The van der Waals surface area contributed by atoms with E-state index in [4.69, 9.17) is 14.2 Å². The molecule has 1 atom stereocenters. The Morgan fingerprint density at radius 3 is 0.794 bits per heavy atom. The van der Waals surface area contributed by atoms with E-state index >= 15 is 0 Å². The maximum atomic E-state index is 12.7. The molecule has 0 aromatic carbocycles. The van der Waals surface area contributed by atoms with Gasteiger partial charge in [0.05, 0.1) is 0 Å². The van der Waals surface area contributed by atoms with Crippen LogP contribution >= 0.6 is 0 Å². The summed E-state index contributed by atoms with van der Waals surface area (Å²) in [6.07, 6.45) is 59.7. The zero-order valence-electron chi connectivity index (χ0n) is 42.6. The summed E-state index contributed by atoms with van der Waals surface area (Å²) in [6.45, 7) is 6.59. The van der Waals surface area contributed by atoms with E-state index in [0.717, 1.165) is 70.6 Å². The van der Waals surface area contributed by atoms with E-state index in [9.17, 15) is 14.4 Å². The quantitative estimate of drug-likeness (QED) is 0.0262. The van der Waals surface area contributed by atoms with Crippen LogP contribution in [0.1, 0.15) is 316 Å². The maximum Gasteiger partial charge on any atom is 0.306 e. The summed E-state index contributed by atoms with van der Waals surface area (Å²) in [6, 6.07) is 0. The van der Waals surface area contributed by atoms with E-state index in [0.29, 0.717) is 19.3 Å². The Balaban J connectivity index is 4.02. The van der Waals surface area contributed by atoms with Gasteiger partial charge in [-0.15, -0.1) is 0 Å². The lowest BCUT2D eigenvalue weighted by Crippen LogP contribution is -2.30. The summed E-state index contributed by atoms with van der Waals surface area (Å²) in [4.78, 5) is 37.7. The van der Waals surface area contributed by atoms with E-state index in [1.165, 1.54) is 205 Å². The maximum absolute atomic E-state index is 12.7. The number of rotatable bonds is 52. The molecule has 0 heterocycles. The molecular formula is C57H108O6. The summed E-state index contributed by atoms with van der Waals surface area (Å²) in [7, 11) is 0. The molecule has 372 valence electrons. The summed E-state index contributed by atoms with van der Waals surface area (Å²) in [5.41, 5.74) is 0. The monoisotopic (exact) mass is 889 g/mol. The molecule has 0 aromatic heterocycles. The van der Waals surface area contributed by atoms with Crippen LogP contribution in [0.3, 0.4) is 0 Å². The first-order valence-electron chi connectivity index (χ1n) is 28.2. The molecule has 0 N–H and O–H groups in total. The standard InChI is InChI=1S/C57H108O6/c1-4-7-10-13-15-17-19-21-23-25-26-27-28-29-30-31-32-34-35-37-39-41-44-47-50-56(59)62-53-54(52-61-55(58)49-46-43-12-9-6-3)63-57(60)51-48-45-42-40-38-36-33-24-22-20-18-16-14-11-8-5-2/h24,33,54H,4-23,25-32,34-53H2,1-3H3/b33-24-. The number of ether oxygens (including phenoxy) is 3. The first kappa shape index (κ1) is 61.1. The molecule has 1 unspecified atom stereocenters. The Kier molecular flexibility index (Phi) is 51.2. The Hall–Kier alpha value is -1.85. The lowest BCUT2D eigenvalue weighted by atomic mass is 10.0. The zero-order valence-corrected chi connectivity index (χ0v) is 42.6. The van der Waals surface area contributed by atoms with Gasteiger partial charge in [0.2, 0.25) is 0 Å². The van der Waals surface area contributed by atoms with Crippen molar-refractivity contribution in [1.82, 2.24) is 0 Å². The Morgan fingerprint density at radius 1 is 0.302 bits per heavy atom. The molecule has 0 spiro atoms. The summed E-state index contributed by atoms with van der Waals surface area (Å²) in [5, 5.41) is 0. The second kappa shape index (κ2) is 52.8. The van der Waals surface area contributed by atoms with E-state index < -0.39 is 6.10 Å². The molecule has 0 bridgehead atoms. The van der Waals surface area contributed by atoms with Gasteiger partial charge in [0.1, 0.15) is 13.2 Å². The minimum Gasteiger partial charge on any atom is -0.462 e. The summed E-state index contributed by atoms with van der Waals surface area (Å²) < 4.78 is 16.7. The third-order valence-electron chi connectivity index (χ3n) is 12.8. The van der Waals surface area contributed by atoms with Crippen molar-refractivity contribution >= 4 is 17.9 Å². The Labute approximate surface area is 392 Å². The van der Waals surface area contributed by atoms with Crippen molar-refractivity contribution in [3.8, 4) is 0 Å². The molecule has 0 aromatic rings. The van der Waals surface area contributed by atoms with Gasteiger partial charge in [0.15, 0.2) is 6.10 Å². The number of esters is 3. The van der Waals surface area contributed by atoms with Crippen molar-refractivity contribution in [1.29, 1.82) is 0 Å². The number of hydrogen-bond acceptors (Lipinski definition) is 6. The molecule has 0 radical (unpaired) electrons. The molecule has 0 saturated heterocycles. The molecule has 0 aliphatic rings. The van der Waals surface area contributed by atoms with Crippen LogP contribution in [0.15, 0.2) is 12.2 Å². The van der Waals surface area contributed by atoms with Crippen molar-refractivity contribution in [2.24, 2.45) is 0 Å². The average molecular weight is 889 g/mol. The third kappa shape index (κ3) is 51.0. The van der Waals surface area contributed by atoms with Crippen molar-refractivity contribution in [3.05, 3.63) is 12.2 Å². The highest BCUT2D eigenvalue weighted by molar-refractivity contribution is 5.71. The minimum absolute atomic E-state index is 0.0692. The first-order chi connectivity index (χ1) is 31.0. The van der Waals surface area contributed by atoms with Gasteiger partial charge in [-0.1, -0.05) is 264 Å². The van der Waals surface area contributed by atoms with Gasteiger partial charge in [0.25, 0.3) is 0 Å². The predicted octanol–water partition coefficient (Wildman–Crippen LogP) is 18.5. The van der Waals surface area contributed by atoms with Crippen LogP contribution in [0.4, 0.5) is 0 Å².